The van der Waals surface area contributed by atoms with Gasteiger partial charge in [0.2, 0.25) is 0 Å². The van der Waals surface area contributed by atoms with E-state index < -0.39 is 0 Å². The van der Waals surface area contributed by atoms with E-state index in [0.29, 0.717) is 0 Å². The van der Waals surface area contributed by atoms with Crippen molar-refractivity contribution in [3.63, 3.8) is 0 Å². The molecule has 0 heterocycles. The number of para-hydroxylation sites is 2. The maximum Gasteiger partial charge on any atom is 0.0462 e. The molecule has 0 saturated heterocycles. The molecule has 4 nitrogen and oxygen atoms in total. The summed E-state index contributed by atoms with van der Waals surface area (Å²) in [4.78, 5) is 9.31. The van der Waals surface area contributed by atoms with Gasteiger partial charge < -0.3 is 19.6 Å². The lowest BCUT2D eigenvalue weighted by molar-refractivity contribution is 1.28. The van der Waals surface area contributed by atoms with Gasteiger partial charge in [-0.15, -0.1) is 0 Å². The number of anilines is 12. The quantitative estimate of drug-likeness (QED) is 0.0711. The first-order chi connectivity index (χ1) is 62.5. The Kier molecular flexibility index (Phi) is 26.1. The number of hydrogen-bond acceptors (Lipinski definition) is 4. The monoisotopic (exact) mass is 1620 g/mol. The van der Waals surface area contributed by atoms with Crippen LogP contribution in [0.1, 0.15) is 27.7 Å². The largest absolute Gasteiger partial charge is 0.311 e. The summed E-state index contributed by atoms with van der Waals surface area (Å²) in [5, 5.41) is 2.51. The predicted molar refractivity (Wildman–Crippen MR) is 541 cm³/mol. The van der Waals surface area contributed by atoms with Gasteiger partial charge in [-0.3, -0.25) is 0 Å². The lowest BCUT2D eigenvalue weighted by atomic mass is 9.98. The van der Waals surface area contributed by atoms with Gasteiger partial charge in [0.1, 0.15) is 0 Å². The fourth-order valence-corrected chi connectivity index (χ4v) is 16.4. The summed E-state index contributed by atoms with van der Waals surface area (Å²) in [6, 6.07) is 187. The summed E-state index contributed by atoms with van der Waals surface area (Å²) in [6.07, 6.45) is 0. The molecule has 0 aliphatic carbocycles. The fraction of sp³-hybridized carbons (Fsp3) is 0.0328. The standard InChI is InChI=1S/C60H44N2.C58H42N2.2C2H6/c1-5-13-45(14-6-1)48-21-23-49(24-22-48)52-29-39-56(40-30-52)61(55-19-11-4-12-20-55)57-41-31-53(32-42-57)54-33-43-60(44-34-54)62(58-35-25-50(26-36-58)46-15-7-2-8-16-46)59-37-27-51(28-38-59)47-17-9-3-10-18-47;1-4-13-43(14-5-1)45-23-33-52(34-24-45)59(51-19-8-3-9-20-51)53-37-27-47(28-38-53)48-29-39-55(40-30-48)60(54-35-25-46(26-36-54)44-15-6-2-7-16-44)56-41-31-50(32-42-56)58-22-12-18-49-17-10-11-21-57(49)58;2*1-2/h1-44H;1-42H;2*1-2H3. The molecule has 0 radical (unpaired) electrons. The highest BCUT2D eigenvalue weighted by Crippen LogP contribution is 2.44. The molecule has 0 saturated carbocycles. The van der Waals surface area contributed by atoms with Crippen LogP contribution in [0.2, 0.25) is 0 Å². The smallest absolute Gasteiger partial charge is 0.0462 e. The van der Waals surface area contributed by atoms with E-state index in [1.807, 2.05) is 27.7 Å². The summed E-state index contributed by atoms with van der Waals surface area (Å²) in [5.74, 6) is 0. The zero-order chi connectivity index (χ0) is 85.6. The van der Waals surface area contributed by atoms with Crippen LogP contribution < -0.4 is 19.6 Å². The maximum atomic E-state index is 2.34. The molecular formula is C122H98N4. The van der Waals surface area contributed by atoms with E-state index in [1.54, 1.807) is 0 Å². The highest BCUT2D eigenvalue weighted by Gasteiger charge is 2.20. The van der Waals surface area contributed by atoms with E-state index in [4.69, 9.17) is 0 Å². The van der Waals surface area contributed by atoms with Crippen LogP contribution >= 0.6 is 0 Å². The van der Waals surface area contributed by atoms with E-state index in [2.05, 4.69) is 541 Å². The van der Waals surface area contributed by atoms with Gasteiger partial charge >= 0.3 is 0 Å². The van der Waals surface area contributed by atoms with Crippen molar-refractivity contribution in [3.8, 4) is 100 Å². The van der Waals surface area contributed by atoms with Gasteiger partial charge in [-0.2, -0.15) is 0 Å². The second kappa shape index (κ2) is 40.0. The molecule has 20 rings (SSSR count). The van der Waals surface area contributed by atoms with Gasteiger partial charge in [-0.05, 0) is 257 Å². The third-order valence-corrected chi connectivity index (χ3v) is 22.8. The molecule has 0 bridgehead atoms. The molecule has 0 spiro atoms. The van der Waals surface area contributed by atoms with Crippen LogP contribution in [0.5, 0.6) is 0 Å². The second-order valence-electron chi connectivity index (χ2n) is 30.4. The summed E-state index contributed by atoms with van der Waals surface area (Å²) in [7, 11) is 0. The molecule has 0 amide bonds. The van der Waals surface area contributed by atoms with Crippen molar-refractivity contribution in [3.05, 3.63) is 522 Å². The van der Waals surface area contributed by atoms with Crippen LogP contribution in [-0.4, -0.2) is 0 Å². The van der Waals surface area contributed by atoms with Crippen molar-refractivity contribution in [1.29, 1.82) is 0 Å². The van der Waals surface area contributed by atoms with Crippen molar-refractivity contribution in [2.75, 3.05) is 19.6 Å². The molecule has 4 heteroatoms. The van der Waals surface area contributed by atoms with Crippen LogP contribution in [0, 0.1) is 0 Å². The van der Waals surface area contributed by atoms with Crippen molar-refractivity contribution in [2.45, 2.75) is 27.7 Å². The van der Waals surface area contributed by atoms with Crippen molar-refractivity contribution >= 4 is 79.0 Å². The Labute approximate surface area is 743 Å². The predicted octanol–water partition coefficient (Wildman–Crippen LogP) is 35.5. The Hall–Kier alpha value is -16.1. The molecule has 0 N–H and O–H groups in total. The Bertz CT molecular complexity index is 6680. The number of fused-ring (bicyclic) bond motifs is 1. The molecule has 126 heavy (non-hydrogen) atoms. The minimum atomic E-state index is 1.09. The molecule has 0 aromatic heterocycles. The zero-order valence-corrected chi connectivity index (χ0v) is 71.4. The summed E-state index contributed by atoms with van der Waals surface area (Å²) in [5.41, 5.74) is 34.8. The molecule has 0 unspecified atom stereocenters. The van der Waals surface area contributed by atoms with Gasteiger partial charge in [0.15, 0.2) is 0 Å². The summed E-state index contributed by atoms with van der Waals surface area (Å²) < 4.78 is 0. The Balaban J connectivity index is 0.000000171. The highest BCUT2D eigenvalue weighted by atomic mass is 15.2. The number of hydrogen-bond donors (Lipinski definition) is 0. The lowest BCUT2D eigenvalue weighted by Crippen LogP contribution is -2.10. The van der Waals surface area contributed by atoms with E-state index in [9.17, 15) is 0 Å². The minimum absolute atomic E-state index is 1.09. The molecule has 20 aromatic rings. The van der Waals surface area contributed by atoms with Crippen LogP contribution in [0.4, 0.5) is 68.2 Å². The topological polar surface area (TPSA) is 13.0 Å². The molecule has 606 valence electrons. The second-order valence-corrected chi connectivity index (χ2v) is 30.4. The average molecular weight is 1620 g/mol. The first-order valence-corrected chi connectivity index (χ1v) is 43.7. The summed E-state index contributed by atoms with van der Waals surface area (Å²) >= 11 is 0. The Morgan fingerprint density at radius 3 is 0.437 bits per heavy atom. The van der Waals surface area contributed by atoms with Gasteiger partial charge in [0.25, 0.3) is 0 Å². The van der Waals surface area contributed by atoms with E-state index in [0.717, 1.165) is 90.5 Å². The summed E-state index contributed by atoms with van der Waals surface area (Å²) in [6.45, 7) is 8.00. The molecule has 0 aliphatic rings. The van der Waals surface area contributed by atoms with Gasteiger partial charge in [-0.1, -0.05) is 404 Å². The van der Waals surface area contributed by atoms with Crippen LogP contribution in [0.25, 0.3) is 111 Å². The van der Waals surface area contributed by atoms with E-state index >= 15 is 0 Å². The number of rotatable bonds is 21. The van der Waals surface area contributed by atoms with E-state index in [-0.39, 0.29) is 0 Å². The third-order valence-electron chi connectivity index (χ3n) is 22.8. The van der Waals surface area contributed by atoms with Gasteiger partial charge in [0, 0.05) is 68.2 Å². The Morgan fingerprint density at radius 1 is 0.103 bits per heavy atom. The highest BCUT2D eigenvalue weighted by molar-refractivity contribution is 5.97. The minimum Gasteiger partial charge on any atom is -0.311 e. The first kappa shape index (κ1) is 82.2. The molecule has 0 fully saturated rings. The van der Waals surface area contributed by atoms with Crippen molar-refractivity contribution < 1.29 is 0 Å². The number of benzene rings is 20. The number of nitrogens with zero attached hydrogens (tertiary/aromatic N) is 4. The Morgan fingerprint density at radius 2 is 0.238 bits per heavy atom. The van der Waals surface area contributed by atoms with Crippen LogP contribution in [0.15, 0.2) is 522 Å². The fourth-order valence-electron chi connectivity index (χ4n) is 16.4. The lowest BCUT2D eigenvalue weighted by Gasteiger charge is -2.26. The van der Waals surface area contributed by atoms with Gasteiger partial charge in [0.05, 0.1) is 0 Å². The normalized spacial score (nSPS) is 10.7. The molecule has 0 atom stereocenters. The van der Waals surface area contributed by atoms with E-state index in [1.165, 1.54) is 88.7 Å². The van der Waals surface area contributed by atoms with Gasteiger partial charge in [-0.25, -0.2) is 0 Å². The van der Waals surface area contributed by atoms with Crippen LogP contribution in [0.3, 0.4) is 0 Å². The van der Waals surface area contributed by atoms with Crippen LogP contribution in [-0.2, 0) is 0 Å². The zero-order valence-electron chi connectivity index (χ0n) is 71.4. The SMILES string of the molecule is CC.CC.c1ccc(-c2ccc(-c3ccc(N(c4ccccc4)c4ccc(-c5ccc(N(c6ccc(-c7ccccc7)cc6)c6ccc(-c7ccccc7)cc6)cc5)cc4)cc3)cc2)cc1.c1ccc(-c2ccc(N(c3ccccc3)c3ccc(-c4ccc(N(c5ccc(-c6ccccc6)cc5)c5ccc(-c6cccc7ccccc67)cc5)cc4)cc3)cc2)cc1. The van der Waals surface area contributed by atoms with Crippen molar-refractivity contribution in [2.24, 2.45) is 0 Å². The molecule has 20 aromatic carbocycles. The average Bonchev–Trinajstić information content (AvgIpc) is 0.791. The first-order valence-electron chi connectivity index (χ1n) is 43.7. The molecular weight excluding hydrogens is 1520 g/mol. The third kappa shape index (κ3) is 19.0. The maximum absolute atomic E-state index is 2.34. The molecule has 0 aliphatic heterocycles. The van der Waals surface area contributed by atoms with Crippen molar-refractivity contribution in [1.82, 2.24) is 0 Å².